The van der Waals surface area contributed by atoms with E-state index in [2.05, 4.69) is 11.5 Å². The molecule has 6 rings (SSSR count). The first kappa shape index (κ1) is 24.1. The van der Waals surface area contributed by atoms with Crippen LogP contribution in [0.4, 0.5) is 0 Å². The van der Waals surface area contributed by atoms with Gasteiger partial charge < -0.3 is 19.8 Å². The van der Waals surface area contributed by atoms with Gasteiger partial charge in [0, 0.05) is 25.2 Å². The van der Waals surface area contributed by atoms with Crippen molar-refractivity contribution in [3.05, 3.63) is 69.7 Å². The molecular formula is C28H30Cl2N2O4. The lowest BCUT2D eigenvalue weighted by molar-refractivity contribution is -0.198. The number of benzene rings is 2. The van der Waals surface area contributed by atoms with Crippen molar-refractivity contribution in [2.75, 3.05) is 20.1 Å². The number of hydrogen-bond acceptors (Lipinski definition) is 5. The van der Waals surface area contributed by atoms with Crippen LogP contribution in [0.1, 0.15) is 36.0 Å². The highest BCUT2D eigenvalue weighted by Gasteiger charge is 2.73. The molecule has 2 aromatic carbocycles. The molecule has 2 aromatic rings. The molecule has 2 heterocycles. The van der Waals surface area contributed by atoms with Gasteiger partial charge in [-0.3, -0.25) is 9.69 Å². The summed E-state index contributed by atoms with van der Waals surface area (Å²) in [6.45, 7) is 5.43. The molecule has 6 nitrogen and oxygen atoms in total. The molecule has 1 amide bonds. The molecule has 0 radical (unpaired) electrons. The van der Waals surface area contributed by atoms with E-state index in [1.807, 2.05) is 25.3 Å². The number of ether oxygens (including phenoxy) is 1. The number of nitrogens with zero attached hydrogens (tertiary/aromatic N) is 2. The summed E-state index contributed by atoms with van der Waals surface area (Å²) in [7, 11) is 1.81. The average molecular weight is 529 g/mol. The predicted octanol–water partition coefficient (Wildman–Crippen LogP) is 4.11. The van der Waals surface area contributed by atoms with Crippen LogP contribution in [0, 0.1) is 0 Å². The van der Waals surface area contributed by atoms with E-state index in [9.17, 15) is 15.0 Å². The lowest BCUT2D eigenvalue weighted by atomic mass is 9.48. The van der Waals surface area contributed by atoms with E-state index in [0.29, 0.717) is 48.0 Å². The number of likely N-dealkylation sites (N-methyl/N-ethyl adjacent to an activating group) is 1. The van der Waals surface area contributed by atoms with Gasteiger partial charge in [0.2, 0.25) is 5.91 Å². The topological polar surface area (TPSA) is 73.2 Å². The Morgan fingerprint density at radius 2 is 2.08 bits per heavy atom. The second-order valence-corrected chi connectivity index (χ2v) is 11.5. The number of carbonyl (C=O) groups excluding carboxylic acids is 1. The molecule has 1 saturated carbocycles. The molecule has 1 spiro atoms. The Balaban J connectivity index is 1.38. The number of hydrogen-bond donors (Lipinski definition) is 2. The van der Waals surface area contributed by atoms with Crippen LogP contribution < -0.4 is 4.74 Å². The molecule has 2 bridgehead atoms. The fourth-order valence-corrected chi connectivity index (χ4v) is 7.84. The molecule has 1 saturated heterocycles. The molecule has 4 aliphatic rings. The number of likely N-dealkylation sites (tertiary alicyclic amines) is 1. The first-order valence-electron chi connectivity index (χ1n) is 12.5. The molecule has 2 N–H and O–H groups in total. The highest BCUT2D eigenvalue weighted by Crippen LogP contribution is 2.65. The maximum absolute atomic E-state index is 13.4. The van der Waals surface area contributed by atoms with E-state index >= 15 is 0 Å². The van der Waals surface area contributed by atoms with Gasteiger partial charge in [-0.2, -0.15) is 0 Å². The van der Waals surface area contributed by atoms with Crippen molar-refractivity contribution in [1.82, 2.24) is 9.80 Å². The molecule has 36 heavy (non-hydrogen) atoms. The summed E-state index contributed by atoms with van der Waals surface area (Å²) < 4.78 is 6.56. The fourth-order valence-electron chi connectivity index (χ4n) is 7.52. The van der Waals surface area contributed by atoms with Gasteiger partial charge >= 0.3 is 0 Å². The van der Waals surface area contributed by atoms with Gasteiger partial charge in [-0.25, -0.2) is 0 Å². The van der Waals surface area contributed by atoms with Gasteiger partial charge in [0.15, 0.2) is 11.5 Å². The van der Waals surface area contributed by atoms with E-state index in [4.69, 9.17) is 27.9 Å². The zero-order chi connectivity index (χ0) is 25.4. The zero-order valence-electron chi connectivity index (χ0n) is 20.2. The summed E-state index contributed by atoms with van der Waals surface area (Å²) in [5, 5.41) is 24.1. The van der Waals surface area contributed by atoms with Gasteiger partial charge in [-0.15, -0.1) is 6.58 Å². The Labute approximate surface area is 221 Å². The van der Waals surface area contributed by atoms with Crippen molar-refractivity contribution in [2.45, 2.75) is 61.3 Å². The molecule has 2 fully saturated rings. The fraction of sp³-hybridized carbons (Fsp3) is 0.464. The minimum atomic E-state index is -1.02. The Morgan fingerprint density at radius 3 is 2.83 bits per heavy atom. The highest BCUT2D eigenvalue weighted by atomic mass is 35.5. The number of phenols is 1. The molecule has 0 aromatic heterocycles. The zero-order valence-corrected chi connectivity index (χ0v) is 21.7. The second kappa shape index (κ2) is 8.38. The standard InChI is InChI=1S/C28H30Cl2N2O4/c1-3-11-32-12-10-27-24-17-5-7-21(33)25(24)36-26(27)20(8-9-28(27,35)22(32)15-17)31(2)23(34)14-16-4-6-18(29)19(30)13-16/h3-7,13,20,22,26,33,35H,1,8-12,14-15H2,2H3/t20-,22+,26+,27+,28-/m1/s1. The van der Waals surface area contributed by atoms with Crippen LogP contribution in [0.25, 0.3) is 0 Å². The minimum Gasteiger partial charge on any atom is -0.504 e. The van der Waals surface area contributed by atoms with Gasteiger partial charge in [-0.05, 0) is 61.6 Å². The van der Waals surface area contributed by atoms with E-state index in [0.717, 1.165) is 23.2 Å². The Hall–Kier alpha value is -2.25. The molecule has 2 aliphatic carbocycles. The van der Waals surface area contributed by atoms with Crippen molar-refractivity contribution in [1.29, 1.82) is 0 Å². The average Bonchev–Trinajstić information content (AvgIpc) is 3.20. The van der Waals surface area contributed by atoms with Crippen LogP contribution in [0.2, 0.25) is 10.0 Å². The number of piperidine rings is 1. The summed E-state index contributed by atoms with van der Waals surface area (Å²) in [5.74, 6) is 0.514. The SMILES string of the molecule is C=CCN1CC[C@]23c4c5ccc(O)c4O[C@H]2[C@H](N(C)C(=O)Cc2ccc(Cl)c(Cl)c2)CC[C@@]3(O)[C@@H]1C5. The van der Waals surface area contributed by atoms with Crippen LogP contribution in [0.3, 0.4) is 0 Å². The van der Waals surface area contributed by atoms with Crippen molar-refractivity contribution < 1.29 is 19.7 Å². The number of carbonyl (C=O) groups is 1. The van der Waals surface area contributed by atoms with E-state index in [1.165, 1.54) is 0 Å². The van der Waals surface area contributed by atoms with Crippen LogP contribution in [0.15, 0.2) is 43.0 Å². The van der Waals surface area contributed by atoms with Crippen LogP contribution >= 0.6 is 23.2 Å². The Kier molecular flexibility index (Phi) is 5.61. The Bertz CT molecular complexity index is 1270. The van der Waals surface area contributed by atoms with Gasteiger partial charge in [0.05, 0.1) is 33.5 Å². The molecule has 8 heteroatoms. The largest absolute Gasteiger partial charge is 0.504 e. The summed E-state index contributed by atoms with van der Waals surface area (Å²) in [6, 6.07) is 8.57. The maximum atomic E-state index is 13.4. The van der Waals surface area contributed by atoms with Crippen molar-refractivity contribution in [2.24, 2.45) is 0 Å². The summed E-state index contributed by atoms with van der Waals surface area (Å²) >= 11 is 12.2. The molecule has 0 unspecified atom stereocenters. The Morgan fingerprint density at radius 1 is 1.28 bits per heavy atom. The van der Waals surface area contributed by atoms with E-state index in [1.54, 1.807) is 23.1 Å². The number of aromatic hydroxyl groups is 1. The normalized spacial score (nSPS) is 31.9. The molecule has 190 valence electrons. The third-order valence-corrected chi connectivity index (χ3v) is 9.87. The van der Waals surface area contributed by atoms with Gasteiger partial charge in [0.25, 0.3) is 0 Å². The van der Waals surface area contributed by atoms with Crippen molar-refractivity contribution >= 4 is 29.1 Å². The van der Waals surface area contributed by atoms with Crippen LogP contribution in [0.5, 0.6) is 11.5 Å². The summed E-state index contributed by atoms with van der Waals surface area (Å²) in [6.07, 6.45) is 4.17. The number of aliphatic hydroxyl groups is 1. The quantitative estimate of drug-likeness (QED) is 0.571. The van der Waals surface area contributed by atoms with Crippen LogP contribution in [-0.4, -0.2) is 69.8 Å². The van der Waals surface area contributed by atoms with E-state index in [-0.39, 0.29) is 30.2 Å². The number of halogens is 2. The third kappa shape index (κ3) is 3.14. The van der Waals surface area contributed by atoms with E-state index < -0.39 is 17.1 Å². The third-order valence-electron chi connectivity index (χ3n) is 9.14. The summed E-state index contributed by atoms with van der Waals surface area (Å²) in [4.78, 5) is 17.5. The lowest BCUT2D eigenvalue weighted by Gasteiger charge is -2.64. The number of amides is 1. The molecule has 5 atom stereocenters. The predicted molar refractivity (Wildman–Crippen MR) is 139 cm³/mol. The summed E-state index contributed by atoms with van der Waals surface area (Å²) in [5.41, 5.74) is 1.14. The van der Waals surface area contributed by atoms with Gasteiger partial charge in [0.1, 0.15) is 6.10 Å². The number of phenolic OH excluding ortho intramolecular Hbond substituents is 1. The van der Waals surface area contributed by atoms with Crippen LogP contribution in [-0.2, 0) is 23.1 Å². The lowest BCUT2D eigenvalue weighted by Crippen LogP contribution is -2.78. The first-order chi connectivity index (χ1) is 17.2. The van der Waals surface area contributed by atoms with Gasteiger partial charge in [-0.1, -0.05) is 41.4 Å². The minimum absolute atomic E-state index is 0.0549. The maximum Gasteiger partial charge on any atom is 0.227 e. The monoisotopic (exact) mass is 528 g/mol. The van der Waals surface area contributed by atoms with Crippen molar-refractivity contribution in [3.63, 3.8) is 0 Å². The first-order valence-corrected chi connectivity index (χ1v) is 13.3. The smallest absolute Gasteiger partial charge is 0.227 e. The highest BCUT2D eigenvalue weighted by molar-refractivity contribution is 6.42. The molecular weight excluding hydrogens is 499 g/mol. The second-order valence-electron chi connectivity index (χ2n) is 10.7. The molecule has 2 aliphatic heterocycles. The number of rotatable bonds is 5. The van der Waals surface area contributed by atoms with Crippen molar-refractivity contribution in [3.8, 4) is 11.5 Å².